The number of halogens is 3. The maximum atomic E-state index is 13.4. The standard InChI is InChI=1S/C18H14Cl2FN3OS/c1-9-15(17(25)23-12-4-2-3-11(21)8-12)16(24-18(26)22-9)10-5-6-13(19)14(20)7-10/h2-8,16H,1H3,(H,23,25)(H2,22,24,26). The summed E-state index contributed by atoms with van der Waals surface area (Å²) >= 11 is 17.3. The van der Waals surface area contributed by atoms with Crippen LogP contribution in [0.1, 0.15) is 18.5 Å². The summed E-state index contributed by atoms with van der Waals surface area (Å²) in [5.74, 6) is -0.817. The lowest BCUT2D eigenvalue weighted by molar-refractivity contribution is -0.113. The first-order valence-corrected chi connectivity index (χ1v) is 8.81. The Morgan fingerprint density at radius 1 is 1.19 bits per heavy atom. The summed E-state index contributed by atoms with van der Waals surface area (Å²) < 4.78 is 13.4. The van der Waals surface area contributed by atoms with Gasteiger partial charge in [0.15, 0.2) is 5.11 Å². The molecule has 0 aromatic heterocycles. The molecule has 0 aliphatic carbocycles. The minimum Gasteiger partial charge on any atom is -0.351 e. The lowest BCUT2D eigenvalue weighted by Crippen LogP contribution is -2.45. The predicted molar refractivity (Wildman–Crippen MR) is 106 cm³/mol. The summed E-state index contributed by atoms with van der Waals surface area (Å²) in [4.78, 5) is 12.9. The van der Waals surface area contributed by atoms with E-state index in [-0.39, 0.29) is 5.91 Å². The van der Waals surface area contributed by atoms with Crippen LogP contribution in [0.3, 0.4) is 0 Å². The van der Waals surface area contributed by atoms with Crippen molar-refractivity contribution in [1.82, 2.24) is 10.6 Å². The monoisotopic (exact) mass is 409 g/mol. The van der Waals surface area contributed by atoms with Crippen LogP contribution < -0.4 is 16.0 Å². The molecular weight excluding hydrogens is 396 g/mol. The topological polar surface area (TPSA) is 53.2 Å². The normalized spacial score (nSPS) is 16.8. The van der Waals surface area contributed by atoms with Gasteiger partial charge in [-0.25, -0.2) is 4.39 Å². The minimum absolute atomic E-state index is 0.358. The molecule has 2 aromatic carbocycles. The van der Waals surface area contributed by atoms with Gasteiger partial charge in [-0.05, 0) is 55.0 Å². The molecule has 0 spiro atoms. The predicted octanol–water partition coefficient (Wildman–Crippen LogP) is 4.56. The smallest absolute Gasteiger partial charge is 0.255 e. The van der Waals surface area contributed by atoms with Gasteiger partial charge < -0.3 is 16.0 Å². The van der Waals surface area contributed by atoms with Crippen LogP contribution >= 0.6 is 35.4 Å². The molecule has 1 amide bonds. The molecule has 1 aliphatic rings. The second-order valence-corrected chi connectivity index (χ2v) is 6.93. The van der Waals surface area contributed by atoms with Gasteiger partial charge in [-0.15, -0.1) is 0 Å². The van der Waals surface area contributed by atoms with Crippen LogP contribution in [-0.4, -0.2) is 11.0 Å². The molecule has 1 heterocycles. The lowest BCUT2D eigenvalue weighted by Gasteiger charge is -2.30. The highest BCUT2D eigenvalue weighted by Crippen LogP contribution is 2.32. The van der Waals surface area contributed by atoms with Crippen molar-refractivity contribution < 1.29 is 9.18 Å². The third-order valence-corrected chi connectivity index (χ3v) is 4.83. The maximum absolute atomic E-state index is 13.4. The second kappa shape index (κ2) is 7.61. The first-order chi connectivity index (χ1) is 12.3. The zero-order valence-electron chi connectivity index (χ0n) is 13.6. The lowest BCUT2D eigenvalue weighted by atomic mass is 9.95. The van der Waals surface area contributed by atoms with E-state index in [4.69, 9.17) is 35.4 Å². The molecule has 3 N–H and O–H groups in total. The molecular formula is C18H14Cl2FN3OS. The molecule has 4 nitrogen and oxygen atoms in total. The molecule has 2 aromatic rings. The van der Waals surface area contributed by atoms with E-state index < -0.39 is 11.9 Å². The number of benzene rings is 2. The summed E-state index contributed by atoms with van der Waals surface area (Å²) in [7, 11) is 0. The van der Waals surface area contributed by atoms with E-state index >= 15 is 0 Å². The molecule has 0 fully saturated rings. The molecule has 26 heavy (non-hydrogen) atoms. The minimum atomic E-state index is -0.521. The van der Waals surface area contributed by atoms with E-state index in [0.717, 1.165) is 5.56 Å². The number of rotatable bonds is 3. The van der Waals surface area contributed by atoms with Crippen LogP contribution in [0.15, 0.2) is 53.7 Å². The van der Waals surface area contributed by atoms with Crippen LogP contribution in [0.2, 0.25) is 10.0 Å². The van der Waals surface area contributed by atoms with Crippen LogP contribution in [-0.2, 0) is 4.79 Å². The average Bonchev–Trinajstić information content (AvgIpc) is 2.56. The highest BCUT2D eigenvalue weighted by Gasteiger charge is 2.30. The Hall–Kier alpha value is -2.15. The summed E-state index contributed by atoms with van der Waals surface area (Å²) in [5, 5.41) is 9.89. The Morgan fingerprint density at radius 2 is 1.96 bits per heavy atom. The number of thiocarbonyl (C=S) groups is 1. The number of hydrogen-bond donors (Lipinski definition) is 3. The Bertz CT molecular complexity index is 932. The second-order valence-electron chi connectivity index (χ2n) is 5.71. The number of hydrogen-bond acceptors (Lipinski definition) is 2. The van der Waals surface area contributed by atoms with Gasteiger partial charge in [-0.2, -0.15) is 0 Å². The summed E-state index contributed by atoms with van der Waals surface area (Å²) in [6.07, 6.45) is 0. The van der Waals surface area contributed by atoms with Crippen LogP contribution in [0, 0.1) is 5.82 Å². The van der Waals surface area contributed by atoms with Gasteiger partial charge in [0.2, 0.25) is 0 Å². The molecule has 0 saturated carbocycles. The van der Waals surface area contributed by atoms with Crippen molar-refractivity contribution in [3.05, 3.63) is 75.2 Å². The molecule has 0 bridgehead atoms. The summed E-state index contributed by atoms with van der Waals surface area (Å²) in [6.45, 7) is 1.75. The zero-order chi connectivity index (χ0) is 18.8. The molecule has 8 heteroatoms. The van der Waals surface area contributed by atoms with E-state index in [9.17, 15) is 9.18 Å². The highest BCUT2D eigenvalue weighted by atomic mass is 35.5. The van der Waals surface area contributed by atoms with Gasteiger partial charge in [-0.3, -0.25) is 4.79 Å². The molecule has 1 atom stereocenters. The SMILES string of the molecule is CC1=C(C(=O)Nc2cccc(F)c2)C(c2ccc(Cl)c(Cl)c2)NC(=S)N1. The Morgan fingerprint density at radius 3 is 2.65 bits per heavy atom. The van der Waals surface area contributed by atoms with Crippen LogP contribution in [0.5, 0.6) is 0 Å². The number of allylic oxidation sites excluding steroid dienone is 1. The molecule has 3 rings (SSSR count). The van der Waals surface area contributed by atoms with E-state index in [0.29, 0.717) is 32.1 Å². The number of nitrogens with one attached hydrogen (secondary N) is 3. The van der Waals surface area contributed by atoms with E-state index in [1.165, 1.54) is 18.2 Å². The Balaban J connectivity index is 1.97. The fraction of sp³-hybridized carbons (Fsp3) is 0.111. The van der Waals surface area contributed by atoms with Gasteiger partial charge in [0.25, 0.3) is 5.91 Å². The van der Waals surface area contributed by atoms with Crippen molar-refractivity contribution >= 4 is 52.1 Å². The van der Waals surface area contributed by atoms with E-state index in [1.54, 1.807) is 31.2 Å². The molecule has 1 aliphatic heterocycles. The first-order valence-electron chi connectivity index (χ1n) is 7.65. The van der Waals surface area contributed by atoms with Gasteiger partial charge in [-0.1, -0.05) is 35.3 Å². The van der Waals surface area contributed by atoms with Gasteiger partial charge >= 0.3 is 0 Å². The van der Waals surface area contributed by atoms with Crippen molar-refractivity contribution in [1.29, 1.82) is 0 Å². The maximum Gasteiger partial charge on any atom is 0.255 e. The van der Waals surface area contributed by atoms with Crippen LogP contribution in [0.25, 0.3) is 0 Å². The van der Waals surface area contributed by atoms with E-state index in [1.807, 2.05) is 0 Å². The quantitative estimate of drug-likeness (QED) is 0.650. The van der Waals surface area contributed by atoms with E-state index in [2.05, 4.69) is 16.0 Å². The number of carbonyl (C=O) groups is 1. The average molecular weight is 410 g/mol. The highest BCUT2D eigenvalue weighted by molar-refractivity contribution is 7.80. The zero-order valence-corrected chi connectivity index (χ0v) is 15.9. The fourth-order valence-electron chi connectivity index (χ4n) is 2.70. The Kier molecular flexibility index (Phi) is 5.46. The Labute approximate surface area is 165 Å². The molecule has 134 valence electrons. The third kappa shape index (κ3) is 3.98. The molecule has 1 unspecified atom stereocenters. The van der Waals surface area contributed by atoms with Crippen molar-refractivity contribution in [2.45, 2.75) is 13.0 Å². The van der Waals surface area contributed by atoms with Crippen molar-refractivity contribution in [2.75, 3.05) is 5.32 Å². The fourth-order valence-corrected chi connectivity index (χ4v) is 3.28. The largest absolute Gasteiger partial charge is 0.351 e. The number of anilines is 1. The third-order valence-electron chi connectivity index (χ3n) is 3.87. The number of amides is 1. The van der Waals surface area contributed by atoms with Crippen molar-refractivity contribution in [3.63, 3.8) is 0 Å². The van der Waals surface area contributed by atoms with Crippen LogP contribution in [0.4, 0.5) is 10.1 Å². The van der Waals surface area contributed by atoms with Crippen molar-refractivity contribution in [3.8, 4) is 0 Å². The molecule has 0 radical (unpaired) electrons. The van der Waals surface area contributed by atoms with Crippen molar-refractivity contribution in [2.24, 2.45) is 0 Å². The summed E-state index contributed by atoms with van der Waals surface area (Å²) in [6, 6.07) is 10.3. The first kappa shape index (κ1) is 18.6. The summed E-state index contributed by atoms with van der Waals surface area (Å²) in [5.41, 5.74) is 2.10. The van der Waals surface area contributed by atoms with Gasteiger partial charge in [0, 0.05) is 11.4 Å². The van der Waals surface area contributed by atoms with Gasteiger partial charge in [0.1, 0.15) is 5.82 Å². The molecule has 0 saturated heterocycles. The van der Waals surface area contributed by atoms with Gasteiger partial charge in [0.05, 0.1) is 21.7 Å². The number of carbonyl (C=O) groups excluding carboxylic acids is 1.